The minimum Gasteiger partial charge on any atom is -0.298 e. The Hall–Kier alpha value is -0.570. The van der Waals surface area contributed by atoms with Crippen LogP contribution in [-0.2, 0) is 14.6 Å². The van der Waals surface area contributed by atoms with E-state index in [4.69, 9.17) is 4.89 Å². The zero-order chi connectivity index (χ0) is 18.0. The predicted octanol–water partition coefficient (Wildman–Crippen LogP) is 6.84. The highest BCUT2D eigenvalue weighted by Crippen LogP contribution is 2.28. The van der Waals surface area contributed by atoms with E-state index in [1.807, 2.05) is 0 Å². The first-order valence-corrected chi connectivity index (χ1v) is 10.5. The molecule has 0 heterocycles. The molecule has 0 aromatic heterocycles. The van der Waals surface area contributed by atoms with E-state index in [2.05, 4.69) is 25.7 Å². The molecular weight excluding hydrogens is 300 g/mol. The molecule has 0 amide bonds. The summed E-state index contributed by atoms with van der Waals surface area (Å²) in [7, 11) is 1.42. The summed E-state index contributed by atoms with van der Waals surface area (Å²) in [5, 5.41) is 0. The Bertz CT molecular complexity index is 278. The van der Waals surface area contributed by atoms with Crippen molar-refractivity contribution >= 4 is 5.97 Å². The second-order valence-electron chi connectivity index (χ2n) is 7.10. The molecule has 0 aromatic rings. The summed E-state index contributed by atoms with van der Waals surface area (Å²) >= 11 is 0. The first-order chi connectivity index (χ1) is 11.7. The molecule has 3 nitrogen and oxygen atoms in total. The fourth-order valence-electron chi connectivity index (χ4n) is 3.53. The van der Waals surface area contributed by atoms with E-state index in [-0.39, 0.29) is 11.9 Å². The lowest BCUT2D eigenvalue weighted by molar-refractivity contribution is -0.261. The van der Waals surface area contributed by atoms with Crippen LogP contribution in [0.25, 0.3) is 0 Å². The van der Waals surface area contributed by atoms with Crippen molar-refractivity contribution in [3.8, 4) is 0 Å². The van der Waals surface area contributed by atoms with Crippen LogP contribution in [0.1, 0.15) is 111 Å². The van der Waals surface area contributed by atoms with Gasteiger partial charge < -0.3 is 0 Å². The van der Waals surface area contributed by atoms with Gasteiger partial charge in [-0.05, 0) is 18.8 Å². The van der Waals surface area contributed by atoms with Crippen molar-refractivity contribution in [2.24, 2.45) is 11.8 Å². The molecule has 0 aliphatic carbocycles. The molecule has 0 aliphatic heterocycles. The Morgan fingerprint density at radius 1 is 0.750 bits per heavy atom. The number of carbonyl (C=O) groups is 1. The topological polar surface area (TPSA) is 35.5 Å². The van der Waals surface area contributed by atoms with Crippen LogP contribution in [0, 0.1) is 11.8 Å². The Balaban J connectivity index is 4.17. The average Bonchev–Trinajstić information content (AvgIpc) is 2.58. The van der Waals surface area contributed by atoms with Gasteiger partial charge in [0.05, 0.1) is 13.0 Å². The van der Waals surface area contributed by atoms with E-state index >= 15 is 0 Å². The Labute approximate surface area is 150 Å². The van der Waals surface area contributed by atoms with Crippen LogP contribution >= 0.6 is 0 Å². The summed E-state index contributed by atoms with van der Waals surface area (Å²) in [6.45, 7) is 6.67. The highest BCUT2D eigenvalue weighted by Gasteiger charge is 2.28. The van der Waals surface area contributed by atoms with Crippen molar-refractivity contribution in [2.75, 3.05) is 7.11 Å². The Morgan fingerprint density at radius 2 is 1.25 bits per heavy atom. The van der Waals surface area contributed by atoms with E-state index < -0.39 is 0 Å². The largest absolute Gasteiger partial charge is 0.345 e. The Kier molecular flexibility index (Phi) is 16.8. The number of hydrogen-bond acceptors (Lipinski definition) is 3. The third kappa shape index (κ3) is 11.9. The van der Waals surface area contributed by atoms with Crippen LogP contribution in [0.5, 0.6) is 0 Å². The van der Waals surface area contributed by atoms with Gasteiger partial charge in [0.1, 0.15) is 0 Å². The number of unbranched alkanes of at least 4 members (excludes halogenated alkanes) is 9. The fourth-order valence-corrected chi connectivity index (χ4v) is 3.53. The molecule has 0 bridgehead atoms. The number of hydrogen-bond donors (Lipinski definition) is 0. The molecule has 2 unspecified atom stereocenters. The van der Waals surface area contributed by atoms with Crippen LogP contribution < -0.4 is 0 Å². The summed E-state index contributed by atoms with van der Waals surface area (Å²) in [5.41, 5.74) is 0. The SMILES string of the molecule is CCCCCCCCCCC(C(=O)OOC)C(CC)CCCCC. The number of rotatable bonds is 17. The normalized spacial score (nSPS) is 13.7. The maximum atomic E-state index is 12.3. The second kappa shape index (κ2) is 17.3. The minimum atomic E-state index is -0.163. The molecule has 2 atom stereocenters. The van der Waals surface area contributed by atoms with Gasteiger partial charge in [-0.25, -0.2) is 4.79 Å². The predicted molar refractivity (Wildman–Crippen MR) is 102 cm³/mol. The van der Waals surface area contributed by atoms with Crippen LogP contribution in [0.2, 0.25) is 0 Å². The highest BCUT2D eigenvalue weighted by atomic mass is 17.2. The molecule has 0 N–H and O–H groups in total. The summed E-state index contributed by atoms with van der Waals surface area (Å²) in [4.78, 5) is 21.8. The quantitative estimate of drug-likeness (QED) is 0.165. The van der Waals surface area contributed by atoms with Crippen LogP contribution in [-0.4, -0.2) is 13.1 Å². The van der Waals surface area contributed by atoms with Gasteiger partial charge in [0.2, 0.25) is 0 Å². The molecule has 0 spiro atoms. The van der Waals surface area contributed by atoms with Crippen molar-refractivity contribution in [2.45, 2.75) is 111 Å². The molecule has 0 saturated carbocycles. The molecule has 0 radical (unpaired) electrons. The molecule has 0 saturated heterocycles. The molecule has 0 rings (SSSR count). The second-order valence-corrected chi connectivity index (χ2v) is 7.10. The minimum absolute atomic E-state index is 0.00639. The van der Waals surface area contributed by atoms with Crippen molar-refractivity contribution in [3.05, 3.63) is 0 Å². The average molecular weight is 343 g/mol. The van der Waals surface area contributed by atoms with Gasteiger partial charge in [-0.3, -0.25) is 4.89 Å². The van der Waals surface area contributed by atoms with Gasteiger partial charge in [0.15, 0.2) is 0 Å². The van der Waals surface area contributed by atoms with Crippen molar-refractivity contribution in [3.63, 3.8) is 0 Å². The van der Waals surface area contributed by atoms with Gasteiger partial charge in [-0.15, -0.1) is 0 Å². The molecule has 0 aliphatic rings. The zero-order valence-electron chi connectivity index (χ0n) is 16.8. The highest BCUT2D eigenvalue weighted by molar-refractivity contribution is 5.72. The molecule has 144 valence electrons. The first kappa shape index (κ1) is 23.4. The lowest BCUT2D eigenvalue weighted by Crippen LogP contribution is -2.25. The molecule has 3 heteroatoms. The summed E-state index contributed by atoms with van der Waals surface area (Å²) in [5.74, 6) is 0.277. The third-order valence-electron chi connectivity index (χ3n) is 5.11. The van der Waals surface area contributed by atoms with Gasteiger partial charge in [-0.1, -0.05) is 97.8 Å². The monoisotopic (exact) mass is 342 g/mol. The van der Waals surface area contributed by atoms with Crippen LogP contribution in [0.4, 0.5) is 0 Å². The first-order valence-electron chi connectivity index (χ1n) is 10.5. The van der Waals surface area contributed by atoms with Gasteiger partial charge in [0.25, 0.3) is 0 Å². The summed E-state index contributed by atoms with van der Waals surface area (Å²) in [6, 6.07) is 0. The lowest BCUT2D eigenvalue weighted by atomic mass is 9.82. The van der Waals surface area contributed by atoms with Gasteiger partial charge in [-0.2, -0.15) is 4.89 Å². The van der Waals surface area contributed by atoms with Crippen LogP contribution in [0.3, 0.4) is 0 Å². The molecule has 0 aromatic carbocycles. The molecular formula is C21H42O3. The van der Waals surface area contributed by atoms with Gasteiger partial charge >= 0.3 is 5.97 Å². The summed E-state index contributed by atoms with van der Waals surface area (Å²) < 4.78 is 0. The number of carbonyl (C=O) groups excluding carboxylic acids is 1. The van der Waals surface area contributed by atoms with Crippen LogP contribution in [0.15, 0.2) is 0 Å². The van der Waals surface area contributed by atoms with Crippen molar-refractivity contribution in [1.82, 2.24) is 0 Å². The molecule has 24 heavy (non-hydrogen) atoms. The standard InChI is InChI=1S/C21H42O3/c1-5-8-10-11-12-13-14-16-18-20(21(22)24-23-4)19(7-3)17-15-9-6-2/h19-20H,5-18H2,1-4H3. The lowest BCUT2D eigenvalue weighted by Gasteiger charge is -2.24. The molecule has 0 fully saturated rings. The fraction of sp³-hybridized carbons (Fsp3) is 0.952. The zero-order valence-corrected chi connectivity index (χ0v) is 16.8. The van der Waals surface area contributed by atoms with E-state index in [1.54, 1.807) is 0 Å². The Morgan fingerprint density at radius 3 is 1.79 bits per heavy atom. The van der Waals surface area contributed by atoms with E-state index in [1.165, 1.54) is 71.3 Å². The van der Waals surface area contributed by atoms with E-state index in [0.717, 1.165) is 25.7 Å². The van der Waals surface area contributed by atoms with Gasteiger partial charge in [0, 0.05) is 0 Å². The van der Waals surface area contributed by atoms with Crippen molar-refractivity contribution < 1.29 is 14.6 Å². The maximum Gasteiger partial charge on any atom is 0.345 e. The van der Waals surface area contributed by atoms with E-state index in [9.17, 15) is 4.79 Å². The smallest absolute Gasteiger partial charge is 0.298 e. The maximum absolute atomic E-state index is 12.3. The third-order valence-corrected chi connectivity index (χ3v) is 5.11. The van der Waals surface area contributed by atoms with Crippen molar-refractivity contribution in [1.29, 1.82) is 0 Å². The summed E-state index contributed by atoms with van der Waals surface area (Å²) in [6.07, 6.45) is 17.2. The van der Waals surface area contributed by atoms with E-state index in [0.29, 0.717) is 5.92 Å².